The molecule has 0 unspecified atom stereocenters. The summed E-state index contributed by atoms with van der Waals surface area (Å²) in [5, 5.41) is 10.8. The Balaban J connectivity index is 0.00000154. The van der Waals surface area contributed by atoms with E-state index in [0.717, 1.165) is 0 Å². The number of carbonyl (C=O) groups is 2. The molecule has 0 aliphatic carbocycles. The van der Waals surface area contributed by atoms with Gasteiger partial charge in [0, 0.05) is 6.07 Å². The molecule has 0 bridgehead atoms. The number of nitro groups is 1. The summed E-state index contributed by atoms with van der Waals surface area (Å²) in [6.07, 6.45) is 1.36. The molecule has 5 heteroatoms. The highest BCUT2D eigenvalue weighted by Crippen LogP contribution is 2.21. The van der Waals surface area contributed by atoms with Crippen LogP contribution in [0.25, 0.3) is 0 Å². The molecule has 0 aromatic heterocycles. The molecule has 0 spiro atoms. The summed E-state index contributed by atoms with van der Waals surface area (Å²) < 4.78 is 0. The Kier molecular flexibility index (Phi) is 6.96. The van der Waals surface area contributed by atoms with Crippen LogP contribution in [0.2, 0.25) is 0 Å². The van der Waals surface area contributed by atoms with Gasteiger partial charge in [-0.2, -0.15) is 0 Å². The molecule has 0 aliphatic rings. The van der Waals surface area contributed by atoms with Gasteiger partial charge in [-0.3, -0.25) is 19.7 Å². The third-order valence-corrected chi connectivity index (χ3v) is 2.26. The second-order valence-electron chi connectivity index (χ2n) is 3.36. The largest absolute Gasteiger partial charge is 0.294 e. The topological polar surface area (TPSA) is 77.3 Å². The van der Waals surface area contributed by atoms with E-state index in [4.69, 9.17) is 0 Å². The summed E-state index contributed by atoms with van der Waals surface area (Å²) >= 11 is 0. The molecule has 0 aliphatic heterocycles. The molecule has 0 radical (unpaired) electrons. The second kappa shape index (κ2) is 7.92. The van der Waals surface area contributed by atoms with Crippen LogP contribution in [0.15, 0.2) is 35.9 Å². The van der Waals surface area contributed by atoms with Crippen molar-refractivity contribution in [3.05, 3.63) is 51.6 Å². The summed E-state index contributed by atoms with van der Waals surface area (Å²) in [6.45, 7) is 6.80. The number of allylic oxidation sites excluding steroid dienone is 2. The Morgan fingerprint density at radius 2 is 1.74 bits per heavy atom. The SMILES string of the molecule is C/C=C(\C(C)=O)C(=O)c1ccccc1[N+](=O)[O-].CC. The van der Waals surface area contributed by atoms with E-state index in [2.05, 4.69) is 0 Å². The predicted molar refractivity (Wildman–Crippen MR) is 73.2 cm³/mol. The van der Waals surface area contributed by atoms with E-state index in [1.165, 1.54) is 37.3 Å². The minimum Gasteiger partial charge on any atom is -0.294 e. The van der Waals surface area contributed by atoms with E-state index < -0.39 is 16.5 Å². The van der Waals surface area contributed by atoms with Crippen molar-refractivity contribution in [1.82, 2.24) is 0 Å². The van der Waals surface area contributed by atoms with Gasteiger partial charge < -0.3 is 0 Å². The van der Waals surface area contributed by atoms with Gasteiger partial charge in [0.05, 0.1) is 10.5 Å². The van der Waals surface area contributed by atoms with Crippen molar-refractivity contribution in [2.45, 2.75) is 27.7 Å². The third-order valence-electron chi connectivity index (χ3n) is 2.26. The van der Waals surface area contributed by atoms with E-state index in [0.29, 0.717) is 0 Å². The first-order chi connectivity index (χ1) is 8.99. The van der Waals surface area contributed by atoms with Crippen LogP contribution in [0.1, 0.15) is 38.1 Å². The molecule has 1 aromatic carbocycles. The van der Waals surface area contributed by atoms with Crippen molar-refractivity contribution in [3.8, 4) is 0 Å². The molecule has 19 heavy (non-hydrogen) atoms. The Labute approximate surface area is 112 Å². The number of benzene rings is 1. The Morgan fingerprint density at radius 3 is 2.16 bits per heavy atom. The lowest BCUT2D eigenvalue weighted by Gasteiger charge is -2.03. The number of hydrogen-bond donors (Lipinski definition) is 0. The Morgan fingerprint density at radius 1 is 1.21 bits per heavy atom. The zero-order valence-electron chi connectivity index (χ0n) is 11.5. The standard InChI is InChI=1S/C12H11NO4.C2H6/c1-3-9(8(2)14)12(15)10-6-4-5-7-11(10)13(16)17;1-2/h3-7H,1-2H3;1-2H3/b9-3+;. The number of ketones is 2. The molecule has 0 atom stereocenters. The number of Topliss-reactive ketones (excluding diaryl/α,β-unsaturated/α-hetero) is 2. The van der Waals surface area contributed by atoms with Gasteiger partial charge in [-0.15, -0.1) is 0 Å². The van der Waals surface area contributed by atoms with Crippen LogP contribution in [0.3, 0.4) is 0 Å². The van der Waals surface area contributed by atoms with Gasteiger partial charge in [0.25, 0.3) is 5.69 Å². The number of rotatable bonds is 4. The van der Waals surface area contributed by atoms with Crippen LogP contribution in [0.5, 0.6) is 0 Å². The molecule has 5 nitrogen and oxygen atoms in total. The molecular weight excluding hydrogens is 246 g/mol. The maximum absolute atomic E-state index is 11.9. The first-order valence-electron chi connectivity index (χ1n) is 5.94. The quantitative estimate of drug-likeness (QED) is 0.208. The number of hydrogen-bond acceptors (Lipinski definition) is 4. The second-order valence-corrected chi connectivity index (χ2v) is 3.36. The first-order valence-corrected chi connectivity index (χ1v) is 5.94. The van der Waals surface area contributed by atoms with Gasteiger partial charge >= 0.3 is 0 Å². The van der Waals surface area contributed by atoms with Crippen molar-refractivity contribution in [3.63, 3.8) is 0 Å². The summed E-state index contributed by atoms with van der Waals surface area (Å²) in [5.74, 6) is -1.03. The molecule has 0 fully saturated rings. The lowest BCUT2D eigenvalue weighted by atomic mass is 9.99. The fourth-order valence-corrected chi connectivity index (χ4v) is 1.46. The van der Waals surface area contributed by atoms with E-state index >= 15 is 0 Å². The minimum absolute atomic E-state index is 0.0423. The average molecular weight is 263 g/mol. The van der Waals surface area contributed by atoms with Crippen molar-refractivity contribution in [2.24, 2.45) is 0 Å². The van der Waals surface area contributed by atoms with Gasteiger partial charge in [-0.1, -0.05) is 32.1 Å². The van der Waals surface area contributed by atoms with Gasteiger partial charge in [0.2, 0.25) is 5.78 Å². The van der Waals surface area contributed by atoms with Crippen molar-refractivity contribution in [1.29, 1.82) is 0 Å². The van der Waals surface area contributed by atoms with Crippen LogP contribution >= 0.6 is 0 Å². The number of carbonyl (C=O) groups excluding carboxylic acids is 2. The number of para-hydroxylation sites is 1. The predicted octanol–water partition coefficient (Wildman–Crippen LogP) is 3.34. The Hall–Kier alpha value is -2.30. The summed E-state index contributed by atoms with van der Waals surface area (Å²) in [6, 6.07) is 5.57. The van der Waals surface area contributed by atoms with Gasteiger partial charge in [-0.05, 0) is 19.9 Å². The maximum Gasteiger partial charge on any atom is 0.280 e. The maximum atomic E-state index is 11.9. The fraction of sp³-hybridized carbons (Fsp3) is 0.286. The zero-order valence-corrected chi connectivity index (χ0v) is 11.5. The molecule has 0 saturated carbocycles. The number of nitro benzene ring substituents is 1. The molecule has 0 N–H and O–H groups in total. The molecule has 1 rings (SSSR count). The highest BCUT2D eigenvalue weighted by molar-refractivity contribution is 6.26. The molecular formula is C14H17NO4. The monoisotopic (exact) mass is 263 g/mol. The van der Waals surface area contributed by atoms with Crippen molar-refractivity contribution >= 4 is 17.3 Å². The smallest absolute Gasteiger partial charge is 0.280 e. The van der Waals surface area contributed by atoms with Gasteiger partial charge in [0.15, 0.2) is 5.78 Å². The third kappa shape index (κ3) is 4.13. The van der Waals surface area contributed by atoms with Crippen LogP contribution in [-0.4, -0.2) is 16.5 Å². The normalized spacial score (nSPS) is 10.2. The van der Waals surface area contributed by atoms with E-state index in [1.807, 2.05) is 13.8 Å². The molecule has 0 saturated heterocycles. The van der Waals surface area contributed by atoms with Crippen LogP contribution < -0.4 is 0 Å². The van der Waals surface area contributed by atoms with Crippen LogP contribution in [0, 0.1) is 10.1 Å². The minimum atomic E-state index is -0.638. The fourth-order valence-electron chi connectivity index (χ4n) is 1.46. The highest BCUT2D eigenvalue weighted by Gasteiger charge is 2.23. The summed E-state index contributed by atoms with van der Waals surface area (Å²) in [7, 11) is 0. The lowest BCUT2D eigenvalue weighted by Crippen LogP contribution is -2.12. The van der Waals surface area contributed by atoms with Gasteiger partial charge in [0.1, 0.15) is 5.56 Å². The molecule has 102 valence electrons. The van der Waals surface area contributed by atoms with E-state index in [-0.39, 0.29) is 16.8 Å². The van der Waals surface area contributed by atoms with E-state index in [9.17, 15) is 19.7 Å². The number of nitrogens with zero attached hydrogens (tertiary/aromatic N) is 1. The molecule has 1 aromatic rings. The van der Waals surface area contributed by atoms with Crippen LogP contribution in [0.4, 0.5) is 5.69 Å². The van der Waals surface area contributed by atoms with Crippen LogP contribution in [-0.2, 0) is 4.79 Å². The summed E-state index contributed by atoms with van der Waals surface area (Å²) in [4.78, 5) is 33.3. The van der Waals surface area contributed by atoms with Crippen molar-refractivity contribution in [2.75, 3.05) is 0 Å². The molecule has 0 heterocycles. The average Bonchev–Trinajstić information content (AvgIpc) is 2.41. The Bertz CT molecular complexity index is 518. The first kappa shape index (κ1) is 16.7. The highest BCUT2D eigenvalue weighted by atomic mass is 16.6. The zero-order chi connectivity index (χ0) is 15.0. The van der Waals surface area contributed by atoms with Crippen molar-refractivity contribution < 1.29 is 14.5 Å². The molecule has 0 amide bonds. The lowest BCUT2D eigenvalue weighted by molar-refractivity contribution is -0.385. The summed E-state index contributed by atoms with van der Waals surface area (Å²) in [5.41, 5.74) is -0.404. The van der Waals surface area contributed by atoms with E-state index in [1.54, 1.807) is 6.92 Å². The van der Waals surface area contributed by atoms with Gasteiger partial charge in [-0.25, -0.2) is 0 Å².